The minimum Gasteiger partial charge on any atom is -0.497 e. The number of amides is 2. The van der Waals surface area contributed by atoms with E-state index in [1.165, 1.54) is 17.0 Å². The first-order valence-electron chi connectivity index (χ1n) is 13.5. The average Bonchev–Trinajstić information content (AvgIpc) is 3.39. The number of hydrogen-bond donors (Lipinski definition) is 0. The number of anilines is 1. The Hall–Kier alpha value is -5.24. The number of aryl methyl sites for hydroxylation is 1. The topological polar surface area (TPSA) is 80.1 Å². The SMILES string of the molecule is COc1ccc(CN2C(=O)c3oc4ccc(F)cc4c(=O)c3C23C(=O)N(Cc2ccccc2C)c2ccccc23)cc1. The summed E-state index contributed by atoms with van der Waals surface area (Å²) in [6.45, 7) is 2.21. The second kappa shape index (κ2) is 9.41. The summed E-state index contributed by atoms with van der Waals surface area (Å²) in [5.74, 6) is -1.24. The predicted molar refractivity (Wildman–Crippen MR) is 155 cm³/mol. The lowest BCUT2D eigenvalue weighted by Gasteiger charge is -2.34. The Balaban J connectivity index is 1.50. The number of para-hydroxylation sites is 1. The van der Waals surface area contributed by atoms with Gasteiger partial charge in [0.1, 0.15) is 17.1 Å². The smallest absolute Gasteiger partial charge is 0.291 e. The van der Waals surface area contributed by atoms with Gasteiger partial charge in [-0.3, -0.25) is 14.4 Å². The number of benzene rings is 4. The van der Waals surface area contributed by atoms with E-state index in [1.54, 1.807) is 48.4 Å². The van der Waals surface area contributed by atoms with E-state index in [2.05, 4.69) is 0 Å². The minimum atomic E-state index is -1.81. The van der Waals surface area contributed by atoms with Crippen molar-refractivity contribution in [2.45, 2.75) is 25.6 Å². The van der Waals surface area contributed by atoms with Gasteiger partial charge in [0.2, 0.25) is 5.76 Å². The van der Waals surface area contributed by atoms with Crippen LogP contribution in [-0.4, -0.2) is 23.8 Å². The maximum atomic E-state index is 14.9. The summed E-state index contributed by atoms with van der Waals surface area (Å²) in [5, 5.41) is -0.0325. The molecule has 0 saturated carbocycles. The Morgan fingerprint density at radius 3 is 2.38 bits per heavy atom. The summed E-state index contributed by atoms with van der Waals surface area (Å²) in [6.07, 6.45) is 0. The average molecular weight is 561 g/mol. The highest BCUT2D eigenvalue weighted by molar-refractivity contribution is 6.17. The van der Waals surface area contributed by atoms with Crippen LogP contribution in [0.3, 0.4) is 0 Å². The van der Waals surface area contributed by atoms with E-state index in [0.717, 1.165) is 22.8 Å². The van der Waals surface area contributed by atoms with Crippen molar-refractivity contribution in [3.8, 4) is 5.75 Å². The van der Waals surface area contributed by atoms with E-state index < -0.39 is 28.6 Å². The van der Waals surface area contributed by atoms with Crippen molar-refractivity contribution in [3.05, 3.63) is 141 Å². The summed E-state index contributed by atoms with van der Waals surface area (Å²) in [5.41, 5.74) is 1.29. The molecule has 0 bridgehead atoms. The normalized spacial score (nSPS) is 17.3. The van der Waals surface area contributed by atoms with Crippen LogP contribution in [0.4, 0.5) is 10.1 Å². The van der Waals surface area contributed by atoms with Crippen molar-refractivity contribution in [2.75, 3.05) is 12.0 Å². The molecule has 1 spiro atoms. The molecule has 2 amide bonds. The first-order valence-corrected chi connectivity index (χ1v) is 13.5. The van der Waals surface area contributed by atoms with Crippen LogP contribution in [0.15, 0.2) is 100 Å². The molecule has 2 aliphatic rings. The van der Waals surface area contributed by atoms with Gasteiger partial charge in [0.15, 0.2) is 11.0 Å². The molecule has 1 unspecified atom stereocenters. The van der Waals surface area contributed by atoms with Gasteiger partial charge in [0.25, 0.3) is 11.8 Å². The number of fused-ring (bicyclic) bond motifs is 5. The summed E-state index contributed by atoms with van der Waals surface area (Å²) >= 11 is 0. The highest BCUT2D eigenvalue weighted by Gasteiger charge is 2.65. The molecule has 0 radical (unpaired) electrons. The molecule has 42 heavy (non-hydrogen) atoms. The summed E-state index contributed by atoms with van der Waals surface area (Å²) in [7, 11) is 1.56. The van der Waals surface area contributed by atoms with Gasteiger partial charge in [0.05, 0.1) is 30.3 Å². The van der Waals surface area contributed by atoms with Crippen LogP contribution in [0, 0.1) is 12.7 Å². The highest BCUT2D eigenvalue weighted by Crippen LogP contribution is 2.53. The van der Waals surface area contributed by atoms with Crippen LogP contribution in [0.5, 0.6) is 5.75 Å². The van der Waals surface area contributed by atoms with Crippen molar-refractivity contribution in [3.63, 3.8) is 0 Å². The zero-order chi connectivity index (χ0) is 29.2. The summed E-state index contributed by atoms with van der Waals surface area (Å²) in [6, 6.07) is 25.7. The number of ether oxygens (including phenoxy) is 1. The first-order chi connectivity index (χ1) is 20.3. The van der Waals surface area contributed by atoms with Crippen LogP contribution in [0.1, 0.15) is 38.4 Å². The molecule has 7 nitrogen and oxygen atoms in total. The lowest BCUT2D eigenvalue weighted by molar-refractivity contribution is -0.126. The lowest BCUT2D eigenvalue weighted by Crippen LogP contribution is -2.53. The molecule has 1 atom stereocenters. The number of hydrogen-bond acceptors (Lipinski definition) is 5. The van der Waals surface area contributed by atoms with E-state index in [4.69, 9.17) is 9.15 Å². The number of carbonyl (C=O) groups is 2. The fourth-order valence-corrected chi connectivity index (χ4v) is 6.21. The maximum absolute atomic E-state index is 14.9. The molecular weight excluding hydrogens is 535 g/mol. The van der Waals surface area contributed by atoms with Crippen molar-refractivity contribution < 1.29 is 23.1 Å². The fourth-order valence-electron chi connectivity index (χ4n) is 6.21. The molecule has 7 rings (SSSR count). The maximum Gasteiger partial charge on any atom is 0.291 e. The van der Waals surface area contributed by atoms with Crippen molar-refractivity contribution >= 4 is 28.5 Å². The highest BCUT2D eigenvalue weighted by atomic mass is 19.1. The zero-order valence-corrected chi connectivity index (χ0v) is 22.9. The zero-order valence-electron chi connectivity index (χ0n) is 22.9. The monoisotopic (exact) mass is 560 g/mol. The van der Waals surface area contributed by atoms with Crippen LogP contribution in [0.2, 0.25) is 0 Å². The van der Waals surface area contributed by atoms with Gasteiger partial charge < -0.3 is 19.0 Å². The predicted octanol–water partition coefficient (Wildman–Crippen LogP) is 5.70. The largest absolute Gasteiger partial charge is 0.497 e. The Morgan fingerprint density at radius 2 is 1.62 bits per heavy atom. The second-order valence-corrected chi connectivity index (χ2v) is 10.6. The number of nitrogens with zero attached hydrogens (tertiary/aromatic N) is 2. The lowest BCUT2D eigenvalue weighted by atomic mass is 9.83. The number of carbonyl (C=O) groups excluding carboxylic acids is 2. The van der Waals surface area contributed by atoms with Crippen molar-refractivity contribution in [1.82, 2.24) is 4.90 Å². The van der Waals surface area contributed by atoms with E-state index >= 15 is 0 Å². The number of rotatable bonds is 5. The van der Waals surface area contributed by atoms with E-state index in [0.29, 0.717) is 17.0 Å². The van der Waals surface area contributed by atoms with Crippen LogP contribution in [-0.2, 0) is 23.4 Å². The molecule has 208 valence electrons. The Bertz CT molecular complexity index is 1980. The Kier molecular flexibility index (Phi) is 5.76. The standard InChI is InChI=1S/C34H25FN2O5/c1-20-7-3-4-8-22(20)19-36-27-10-6-5-9-26(27)34(33(36)40)29-30(38)25-17-23(35)13-16-28(25)42-31(29)32(39)37(34)18-21-11-14-24(41-2)15-12-21/h3-17H,18-19H2,1-2H3. The van der Waals surface area contributed by atoms with Gasteiger partial charge in [-0.1, -0.05) is 54.6 Å². The van der Waals surface area contributed by atoms with Gasteiger partial charge in [-0.25, -0.2) is 4.39 Å². The second-order valence-electron chi connectivity index (χ2n) is 10.6. The van der Waals surface area contributed by atoms with Crippen molar-refractivity contribution in [2.24, 2.45) is 0 Å². The fraction of sp³-hybridized carbons (Fsp3) is 0.147. The van der Waals surface area contributed by atoms with Crippen LogP contribution < -0.4 is 15.1 Å². The van der Waals surface area contributed by atoms with Crippen molar-refractivity contribution in [1.29, 1.82) is 0 Å². The molecule has 0 N–H and O–H groups in total. The van der Waals surface area contributed by atoms with Gasteiger partial charge in [-0.2, -0.15) is 0 Å². The number of halogens is 1. The molecule has 2 aliphatic heterocycles. The quantitative estimate of drug-likeness (QED) is 0.276. The molecule has 0 saturated heterocycles. The minimum absolute atomic E-state index is 0.00938. The first kappa shape index (κ1) is 25.7. The molecule has 8 heteroatoms. The third-order valence-corrected chi connectivity index (χ3v) is 8.29. The van der Waals surface area contributed by atoms with Crippen LogP contribution in [0.25, 0.3) is 11.0 Å². The molecule has 3 heterocycles. The molecule has 1 aromatic heterocycles. The molecular formula is C34H25FN2O5. The van der Waals surface area contributed by atoms with E-state index in [1.807, 2.05) is 43.3 Å². The molecule has 0 fully saturated rings. The number of methoxy groups -OCH3 is 1. The molecule has 4 aromatic carbocycles. The summed E-state index contributed by atoms with van der Waals surface area (Å²) < 4.78 is 25.7. The third-order valence-electron chi connectivity index (χ3n) is 8.29. The van der Waals surface area contributed by atoms with Gasteiger partial charge >= 0.3 is 0 Å². The molecule has 5 aromatic rings. The Morgan fingerprint density at radius 1 is 0.881 bits per heavy atom. The van der Waals surface area contributed by atoms with Gasteiger partial charge in [0, 0.05) is 12.1 Å². The summed E-state index contributed by atoms with van der Waals surface area (Å²) in [4.78, 5) is 46.4. The van der Waals surface area contributed by atoms with Gasteiger partial charge in [-0.15, -0.1) is 0 Å². The van der Waals surface area contributed by atoms with Crippen LogP contribution >= 0.6 is 0 Å². The van der Waals surface area contributed by atoms with E-state index in [9.17, 15) is 18.8 Å². The Labute approximate surface area is 240 Å². The van der Waals surface area contributed by atoms with E-state index in [-0.39, 0.29) is 35.4 Å². The van der Waals surface area contributed by atoms with Gasteiger partial charge in [-0.05, 0) is 60.0 Å². The molecule has 0 aliphatic carbocycles. The third kappa shape index (κ3) is 3.54.